The summed E-state index contributed by atoms with van der Waals surface area (Å²) in [6.45, 7) is 3.10. The molecule has 0 N–H and O–H groups in total. The van der Waals surface area contributed by atoms with Crippen molar-refractivity contribution in [3.8, 4) is 0 Å². The second kappa shape index (κ2) is 2.72. The van der Waals surface area contributed by atoms with Crippen molar-refractivity contribution in [1.82, 2.24) is 4.84 Å². The Bertz CT molecular complexity index is 71.2. The average molecular weight is 105 g/mol. The van der Waals surface area contributed by atoms with Gasteiger partial charge in [0.1, 0.15) is 0 Å². The number of halogens is 1. The Kier molecular flexibility index (Phi) is 2.50. The van der Waals surface area contributed by atoms with Gasteiger partial charge in [-0.1, -0.05) is 6.58 Å². The van der Waals surface area contributed by atoms with E-state index in [9.17, 15) is 4.79 Å². The first-order valence-corrected chi connectivity index (χ1v) is 1.63. The lowest BCUT2D eigenvalue weighted by atomic mass is 10.6. The van der Waals surface area contributed by atoms with Crippen LogP contribution in [0.1, 0.15) is 0 Å². The van der Waals surface area contributed by atoms with Crippen LogP contribution < -0.4 is 4.84 Å². The Morgan fingerprint density at radius 2 is 2.50 bits per heavy atom. The summed E-state index contributed by atoms with van der Waals surface area (Å²) in [5.74, 6) is -0.503. The third-order valence-corrected chi connectivity index (χ3v) is 0.425. The molecule has 1 radical (unpaired) electrons. The number of nitrogens with zero attached hydrogens (tertiary/aromatic N) is 1. The average Bonchev–Trinajstić information content (AvgIpc) is 1.65. The molecule has 0 atom stereocenters. The van der Waals surface area contributed by atoms with Crippen LogP contribution >= 0.6 is 11.8 Å². The van der Waals surface area contributed by atoms with Crippen LogP contribution in [-0.2, 0) is 4.79 Å². The molecule has 0 fully saturated rings. The third-order valence-electron chi connectivity index (χ3n) is 0.258. The summed E-state index contributed by atoms with van der Waals surface area (Å²) < 4.78 is 0. The fourth-order valence-electron chi connectivity index (χ4n) is 0.0345. The van der Waals surface area contributed by atoms with Gasteiger partial charge < -0.3 is 0 Å². The molecule has 33 valence electrons. The molecule has 0 aromatic rings. The van der Waals surface area contributed by atoms with E-state index >= 15 is 0 Å². The zero-order valence-corrected chi connectivity index (χ0v) is 3.77. The molecule has 2 nitrogen and oxygen atoms in total. The van der Waals surface area contributed by atoms with Gasteiger partial charge in [-0.2, -0.15) is 0 Å². The van der Waals surface area contributed by atoms with E-state index in [0.717, 1.165) is 6.08 Å². The Balaban J connectivity index is 3.23. The van der Waals surface area contributed by atoms with Gasteiger partial charge in [-0.15, -0.1) is 4.84 Å². The number of carbonyl (C=O) groups excluding carboxylic acids is 1. The van der Waals surface area contributed by atoms with Gasteiger partial charge in [0.15, 0.2) is 0 Å². The van der Waals surface area contributed by atoms with Crippen molar-refractivity contribution in [3.63, 3.8) is 0 Å². The van der Waals surface area contributed by atoms with Gasteiger partial charge in [0.2, 0.25) is 0 Å². The standard InChI is InChI=1S/C3H3ClNO/c1-2-3(6)5-4/h2H,1H2. The highest BCUT2D eigenvalue weighted by molar-refractivity contribution is 6.22. The highest BCUT2D eigenvalue weighted by atomic mass is 35.5. The Hall–Kier alpha value is -0.500. The Labute approximate surface area is 40.9 Å². The normalized spacial score (nSPS) is 6.83. The summed E-state index contributed by atoms with van der Waals surface area (Å²) in [6.07, 6.45) is 1.03. The largest absolute Gasteiger partial charge is 0.281 e. The number of hydrogen-bond donors (Lipinski definition) is 0. The molecule has 1 amide bonds. The van der Waals surface area contributed by atoms with E-state index in [1.165, 1.54) is 0 Å². The maximum atomic E-state index is 9.76. The molecule has 0 saturated heterocycles. The number of rotatable bonds is 1. The quantitative estimate of drug-likeness (QED) is 0.445. The first kappa shape index (κ1) is 5.50. The number of amides is 1. The van der Waals surface area contributed by atoms with E-state index in [1.807, 2.05) is 0 Å². The van der Waals surface area contributed by atoms with Crippen molar-refractivity contribution < 1.29 is 4.79 Å². The van der Waals surface area contributed by atoms with Crippen LogP contribution in [0, 0.1) is 0 Å². The van der Waals surface area contributed by atoms with Gasteiger partial charge in [0.05, 0.1) is 0 Å². The van der Waals surface area contributed by atoms with Crippen LogP contribution in [-0.4, -0.2) is 5.91 Å². The molecule has 0 bridgehead atoms. The first-order valence-electron chi connectivity index (χ1n) is 1.29. The zero-order chi connectivity index (χ0) is 4.99. The van der Waals surface area contributed by atoms with Gasteiger partial charge in [0, 0.05) is 11.8 Å². The molecule has 0 aliphatic carbocycles. The van der Waals surface area contributed by atoms with E-state index < -0.39 is 5.91 Å². The minimum atomic E-state index is -0.503. The molecule has 0 unspecified atom stereocenters. The molecule has 0 aliphatic rings. The third kappa shape index (κ3) is 1.79. The Morgan fingerprint density at radius 1 is 2.00 bits per heavy atom. The maximum absolute atomic E-state index is 9.76. The monoisotopic (exact) mass is 104 g/mol. The summed E-state index contributed by atoms with van der Waals surface area (Å²) in [5.41, 5.74) is 0. The van der Waals surface area contributed by atoms with Crippen molar-refractivity contribution in [2.45, 2.75) is 0 Å². The van der Waals surface area contributed by atoms with E-state index in [1.54, 1.807) is 0 Å². The predicted octanol–water partition coefficient (Wildman–Crippen LogP) is 0.457. The van der Waals surface area contributed by atoms with Crippen molar-refractivity contribution in [3.05, 3.63) is 12.7 Å². The summed E-state index contributed by atoms with van der Waals surface area (Å²) in [4.78, 5) is 12.5. The van der Waals surface area contributed by atoms with Gasteiger partial charge in [-0.05, 0) is 6.08 Å². The van der Waals surface area contributed by atoms with E-state index in [4.69, 9.17) is 0 Å². The Morgan fingerprint density at radius 3 is 2.50 bits per heavy atom. The number of carbonyl (C=O) groups is 1. The fraction of sp³-hybridized carbons (Fsp3) is 0. The molecule has 0 saturated carbocycles. The van der Waals surface area contributed by atoms with Crippen molar-refractivity contribution in [1.29, 1.82) is 0 Å². The van der Waals surface area contributed by atoms with Crippen LogP contribution in [0.5, 0.6) is 0 Å². The maximum Gasteiger partial charge on any atom is 0.281 e. The topological polar surface area (TPSA) is 31.2 Å². The van der Waals surface area contributed by atoms with Crippen LogP contribution in [0.15, 0.2) is 12.7 Å². The second-order valence-electron chi connectivity index (χ2n) is 0.627. The lowest BCUT2D eigenvalue weighted by molar-refractivity contribution is -0.115. The SMILES string of the molecule is C=CC(=O)[N]Cl. The zero-order valence-electron chi connectivity index (χ0n) is 3.02. The molecule has 0 aromatic carbocycles. The van der Waals surface area contributed by atoms with Crippen molar-refractivity contribution in [2.24, 2.45) is 0 Å². The molecular weight excluding hydrogens is 101 g/mol. The van der Waals surface area contributed by atoms with Gasteiger partial charge in [0.25, 0.3) is 5.91 Å². The second-order valence-corrected chi connectivity index (χ2v) is 0.796. The summed E-state index contributed by atoms with van der Waals surface area (Å²) in [5, 5.41) is 0. The highest BCUT2D eigenvalue weighted by Crippen LogP contribution is 1.69. The lowest BCUT2D eigenvalue weighted by Crippen LogP contribution is -1.97. The number of hydrogen-bond acceptors (Lipinski definition) is 1. The minimum Gasteiger partial charge on any atom is -0.266 e. The molecule has 0 heterocycles. The summed E-state index contributed by atoms with van der Waals surface area (Å²) in [7, 11) is 0. The van der Waals surface area contributed by atoms with E-state index in [2.05, 4.69) is 23.2 Å². The van der Waals surface area contributed by atoms with Crippen molar-refractivity contribution >= 4 is 17.7 Å². The fourth-order valence-corrected chi connectivity index (χ4v) is 0.104. The van der Waals surface area contributed by atoms with Gasteiger partial charge in [-0.25, -0.2) is 0 Å². The van der Waals surface area contributed by atoms with Crippen LogP contribution in [0.25, 0.3) is 0 Å². The summed E-state index contributed by atoms with van der Waals surface area (Å²) >= 11 is 4.66. The predicted molar refractivity (Wildman–Crippen MR) is 23.2 cm³/mol. The molecular formula is C3H3ClNO. The molecule has 0 rings (SSSR count). The summed E-state index contributed by atoms with van der Waals surface area (Å²) in [6, 6.07) is 0. The molecule has 0 spiro atoms. The first-order chi connectivity index (χ1) is 2.81. The van der Waals surface area contributed by atoms with Gasteiger partial charge in [-0.3, -0.25) is 4.79 Å². The lowest BCUT2D eigenvalue weighted by Gasteiger charge is -1.73. The molecule has 6 heavy (non-hydrogen) atoms. The highest BCUT2D eigenvalue weighted by Gasteiger charge is 1.85. The minimum absolute atomic E-state index is 0.503. The van der Waals surface area contributed by atoms with Crippen LogP contribution in [0.4, 0.5) is 0 Å². The molecule has 0 aromatic heterocycles. The van der Waals surface area contributed by atoms with Crippen LogP contribution in [0.2, 0.25) is 0 Å². The van der Waals surface area contributed by atoms with Crippen LogP contribution in [0.3, 0.4) is 0 Å². The smallest absolute Gasteiger partial charge is 0.266 e. The van der Waals surface area contributed by atoms with Crippen molar-refractivity contribution in [2.75, 3.05) is 0 Å². The van der Waals surface area contributed by atoms with E-state index in [-0.39, 0.29) is 0 Å². The van der Waals surface area contributed by atoms with Gasteiger partial charge >= 0.3 is 0 Å². The molecule has 3 heteroatoms. The van der Waals surface area contributed by atoms with E-state index in [0.29, 0.717) is 0 Å². The molecule has 0 aliphatic heterocycles.